The molecular formula is C17H22N6O2. The minimum absolute atomic E-state index is 0.0302. The lowest BCUT2D eigenvalue weighted by Crippen LogP contribution is -2.47. The predicted molar refractivity (Wildman–Crippen MR) is 91.3 cm³/mol. The summed E-state index contributed by atoms with van der Waals surface area (Å²) in [4.78, 5) is 23.3. The highest BCUT2D eigenvalue weighted by Gasteiger charge is 2.33. The molecule has 0 bridgehead atoms. The summed E-state index contributed by atoms with van der Waals surface area (Å²) in [6.07, 6.45) is 7.74. The van der Waals surface area contributed by atoms with E-state index in [9.17, 15) is 4.79 Å². The van der Waals surface area contributed by atoms with E-state index in [0.717, 1.165) is 24.4 Å². The second-order valence-corrected chi connectivity index (χ2v) is 6.57. The number of fused-ring (bicyclic) bond motifs is 1. The van der Waals surface area contributed by atoms with Crippen molar-refractivity contribution >= 4 is 11.7 Å². The molecule has 0 spiro atoms. The molecule has 1 saturated carbocycles. The normalized spacial score (nSPS) is 20.4. The van der Waals surface area contributed by atoms with Crippen molar-refractivity contribution in [2.24, 2.45) is 0 Å². The van der Waals surface area contributed by atoms with E-state index in [1.807, 2.05) is 10.7 Å². The van der Waals surface area contributed by atoms with Crippen LogP contribution in [0.25, 0.3) is 0 Å². The van der Waals surface area contributed by atoms with Gasteiger partial charge in [0.15, 0.2) is 0 Å². The number of hydrogen-bond donors (Lipinski definition) is 1. The van der Waals surface area contributed by atoms with E-state index in [1.54, 1.807) is 19.4 Å². The number of ether oxygens (including phenoxy) is 1. The number of carbonyl (C=O) groups is 1. The number of anilines is 1. The van der Waals surface area contributed by atoms with Gasteiger partial charge < -0.3 is 15.0 Å². The van der Waals surface area contributed by atoms with Gasteiger partial charge in [0.1, 0.15) is 18.2 Å². The lowest BCUT2D eigenvalue weighted by Gasteiger charge is -2.34. The average Bonchev–Trinajstić information content (AvgIpc) is 3.32. The minimum atomic E-state index is -0.361. The van der Waals surface area contributed by atoms with Gasteiger partial charge in [0.25, 0.3) is 0 Å². The Kier molecular flexibility index (Phi) is 4.25. The van der Waals surface area contributed by atoms with Crippen molar-refractivity contribution in [2.75, 3.05) is 18.6 Å². The molecule has 8 heteroatoms. The fourth-order valence-electron chi connectivity index (χ4n) is 3.64. The van der Waals surface area contributed by atoms with Crippen molar-refractivity contribution < 1.29 is 9.53 Å². The smallest absolute Gasteiger partial charge is 0.246 e. The fraction of sp³-hybridized carbons (Fsp3) is 0.529. The van der Waals surface area contributed by atoms with Gasteiger partial charge in [-0.3, -0.25) is 9.48 Å². The lowest BCUT2D eigenvalue weighted by atomic mass is 10.1. The van der Waals surface area contributed by atoms with Crippen LogP contribution in [0.15, 0.2) is 24.7 Å². The van der Waals surface area contributed by atoms with Gasteiger partial charge in [-0.05, 0) is 18.9 Å². The number of aromatic nitrogens is 4. The summed E-state index contributed by atoms with van der Waals surface area (Å²) in [5.74, 6) is 1.29. The third-order valence-corrected chi connectivity index (χ3v) is 4.96. The van der Waals surface area contributed by atoms with Crippen molar-refractivity contribution in [3.8, 4) is 5.88 Å². The van der Waals surface area contributed by atoms with Crippen molar-refractivity contribution in [3.05, 3.63) is 30.4 Å². The number of carbonyl (C=O) groups excluding carboxylic acids is 1. The highest BCUT2D eigenvalue weighted by Crippen LogP contribution is 2.27. The number of methoxy groups -OCH3 is 1. The minimum Gasteiger partial charge on any atom is -0.481 e. The van der Waals surface area contributed by atoms with Gasteiger partial charge in [0, 0.05) is 18.3 Å². The molecule has 25 heavy (non-hydrogen) atoms. The van der Waals surface area contributed by atoms with Crippen molar-refractivity contribution in [1.82, 2.24) is 25.1 Å². The summed E-state index contributed by atoms with van der Waals surface area (Å²) in [6.45, 7) is 1.17. The summed E-state index contributed by atoms with van der Waals surface area (Å²) >= 11 is 0. The number of nitrogens with zero attached hydrogens (tertiary/aromatic N) is 5. The van der Waals surface area contributed by atoms with E-state index in [0.29, 0.717) is 25.0 Å². The van der Waals surface area contributed by atoms with Crippen LogP contribution in [0.4, 0.5) is 5.82 Å². The Morgan fingerprint density at radius 1 is 1.32 bits per heavy atom. The largest absolute Gasteiger partial charge is 0.481 e. The number of nitrogens with one attached hydrogen (secondary N) is 1. The van der Waals surface area contributed by atoms with Crippen LogP contribution in [0.1, 0.15) is 37.4 Å². The lowest BCUT2D eigenvalue weighted by molar-refractivity contribution is -0.125. The Balaban J connectivity index is 1.57. The van der Waals surface area contributed by atoms with E-state index >= 15 is 0 Å². The molecule has 8 nitrogen and oxygen atoms in total. The van der Waals surface area contributed by atoms with Crippen LogP contribution in [-0.4, -0.2) is 45.4 Å². The molecule has 2 aromatic heterocycles. The number of hydrogen-bond acceptors (Lipinski definition) is 6. The molecule has 0 aromatic carbocycles. The maximum Gasteiger partial charge on any atom is 0.246 e. The zero-order valence-electron chi connectivity index (χ0n) is 14.3. The summed E-state index contributed by atoms with van der Waals surface area (Å²) in [6, 6.07) is 3.67. The molecule has 132 valence electrons. The maximum atomic E-state index is 12.9. The average molecular weight is 342 g/mol. The Labute approximate surface area is 146 Å². The van der Waals surface area contributed by atoms with Crippen LogP contribution in [0, 0.1) is 0 Å². The fourth-order valence-corrected chi connectivity index (χ4v) is 3.64. The molecule has 2 aliphatic rings. The van der Waals surface area contributed by atoms with Crippen molar-refractivity contribution in [3.63, 3.8) is 0 Å². The van der Waals surface area contributed by atoms with Gasteiger partial charge in [-0.2, -0.15) is 5.10 Å². The van der Waals surface area contributed by atoms with E-state index in [2.05, 4.69) is 25.3 Å². The molecule has 1 aliphatic carbocycles. The van der Waals surface area contributed by atoms with Gasteiger partial charge in [-0.25, -0.2) is 9.97 Å². The predicted octanol–water partition coefficient (Wildman–Crippen LogP) is 1.30. The Bertz CT molecular complexity index is 755. The van der Waals surface area contributed by atoms with Crippen LogP contribution in [-0.2, 0) is 11.3 Å². The van der Waals surface area contributed by atoms with Gasteiger partial charge in [0.05, 0.1) is 25.9 Å². The molecule has 3 heterocycles. The zero-order chi connectivity index (χ0) is 17.2. The first-order chi connectivity index (χ1) is 12.2. The topological polar surface area (TPSA) is 85.2 Å². The summed E-state index contributed by atoms with van der Waals surface area (Å²) in [5.41, 5.74) is 0.996. The first-order valence-corrected chi connectivity index (χ1v) is 8.68. The quantitative estimate of drug-likeness (QED) is 0.901. The Hall–Kier alpha value is -2.64. The molecule has 1 atom stereocenters. The molecule has 1 unspecified atom stereocenters. The summed E-state index contributed by atoms with van der Waals surface area (Å²) in [7, 11) is 1.58. The van der Waals surface area contributed by atoms with Gasteiger partial charge >= 0.3 is 0 Å². The SMILES string of the molecule is COc1cc(N2Cc3ccnn3C(C(=O)NC3CCCC3)C2)ncn1. The van der Waals surface area contributed by atoms with Crippen LogP contribution < -0.4 is 15.0 Å². The maximum absolute atomic E-state index is 12.9. The van der Waals surface area contributed by atoms with Crippen LogP contribution in [0.3, 0.4) is 0 Å². The Morgan fingerprint density at radius 3 is 2.96 bits per heavy atom. The molecular weight excluding hydrogens is 320 g/mol. The Morgan fingerprint density at radius 2 is 2.16 bits per heavy atom. The van der Waals surface area contributed by atoms with E-state index in [4.69, 9.17) is 4.74 Å². The van der Waals surface area contributed by atoms with Gasteiger partial charge in [-0.1, -0.05) is 12.8 Å². The first-order valence-electron chi connectivity index (χ1n) is 8.68. The molecule has 1 aliphatic heterocycles. The van der Waals surface area contributed by atoms with Crippen LogP contribution in [0.5, 0.6) is 5.88 Å². The van der Waals surface area contributed by atoms with Crippen molar-refractivity contribution in [1.29, 1.82) is 0 Å². The standard InChI is InChI=1S/C17H22N6O2/c1-25-16-8-15(18-11-19-16)22-9-13-6-7-20-23(13)14(10-22)17(24)21-12-4-2-3-5-12/h6-8,11-12,14H,2-5,9-10H2,1H3,(H,21,24). The summed E-state index contributed by atoms with van der Waals surface area (Å²) < 4.78 is 7.02. The van der Waals surface area contributed by atoms with Gasteiger partial charge in [-0.15, -0.1) is 0 Å². The summed E-state index contributed by atoms with van der Waals surface area (Å²) in [5, 5.41) is 7.56. The molecule has 0 saturated heterocycles. The van der Waals surface area contributed by atoms with E-state index in [-0.39, 0.29) is 11.9 Å². The van der Waals surface area contributed by atoms with Crippen LogP contribution >= 0.6 is 0 Å². The van der Waals surface area contributed by atoms with E-state index in [1.165, 1.54) is 19.2 Å². The number of amides is 1. The first kappa shape index (κ1) is 15.9. The van der Waals surface area contributed by atoms with E-state index < -0.39 is 0 Å². The molecule has 1 fully saturated rings. The second-order valence-electron chi connectivity index (χ2n) is 6.57. The molecule has 2 aromatic rings. The second kappa shape index (κ2) is 6.70. The third-order valence-electron chi connectivity index (χ3n) is 4.96. The number of rotatable bonds is 4. The molecule has 1 N–H and O–H groups in total. The highest BCUT2D eigenvalue weighted by molar-refractivity contribution is 5.81. The molecule has 0 radical (unpaired) electrons. The highest BCUT2D eigenvalue weighted by atomic mass is 16.5. The van der Waals surface area contributed by atoms with Crippen molar-refractivity contribution in [2.45, 2.75) is 44.3 Å². The zero-order valence-corrected chi connectivity index (χ0v) is 14.3. The molecule has 4 rings (SSSR count). The molecule has 1 amide bonds. The monoisotopic (exact) mass is 342 g/mol. The third kappa shape index (κ3) is 3.16. The van der Waals surface area contributed by atoms with Crippen LogP contribution in [0.2, 0.25) is 0 Å². The van der Waals surface area contributed by atoms with Gasteiger partial charge in [0.2, 0.25) is 11.8 Å².